The van der Waals surface area contributed by atoms with Crippen LogP contribution >= 0.6 is 11.8 Å². The number of amides is 1. The Bertz CT molecular complexity index is 572. The maximum absolute atomic E-state index is 12.1. The number of nitrogens with zero attached hydrogens (tertiary/aromatic N) is 3. The van der Waals surface area contributed by atoms with E-state index in [4.69, 9.17) is 5.84 Å². The van der Waals surface area contributed by atoms with E-state index >= 15 is 0 Å². The van der Waals surface area contributed by atoms with Crippen LogP contribution in [-0.2, 0) is 4.79 Å². The van der Waals surface area contributed by atoms with Crippen LogP contribution in [0.15, 0.2) is 41.8 Å². The number of carbonyl (C=O) groups is 1. The van der Waals surface area contributed by atoms with Gasteiger partial charge in [0.05, 0.1) is 11.8 Å². The van der Waals surface area contributed by atoms with Gasteiger partial charge >= 0.3 is 0 Å². The predicted molar refractivity (Wildman–Crippen MR) is 83.1 cm³/mol. The second-order valence-electron chi connectivity index (χ2n) is 4.63. The summed E-state index contributed by atoms with van der Waals surface area (Å²) in [6.07, 6.45) is 3.32. The Balaban J connectivity index is 1.91. The van der Waals surface area contributed by atoms with Crippen molar-refractivity contribution < 1.29 is 4.79 Å². The minimum Gasteiger partial charge on any atom is -0.349 e. The number of hydrogen-bond donors (Lipinski definition) is 2. The molecule has 1 amide bonds. The van der Waals surface area contributed by atoms with Crippen LogP contribution in [-0.4, -0.2) is 26.5 Å². The van der Waals surface area contributed by atoms with Crippen molar-refractivity contribution in [3.63, 3.8) is 0 Å². The highest BCUT2D eigenvalue weighted by Crippen LogP contribution is 2.19. The molecule has 6 nitrogen and oxygen atoms in total. The fourth-order valence-corrected chi connectivity index (χ4v) is 2.64. The number of aromatic nitrogens is 3. The average molecular weight is 305 g/mol. The topological polar surface area (TPSA) is 85.8 Å². The van der Waals surface area contributed by atoms with Crippen molar-refractivity contribution in [2.24, 2.45) is 0 Å². The van der Waals surface area contributed by atoms with Gasteiger partial charge in [0.2, 0.25) is 11.1 Å². The Morgan fingerprint density at radius 3 is 2.81 bits per heavy atom. The molecular formula is C14H19N5OS. The van der Waals surface area contributed by atoms with Crippen molar-refractivity contribution in [1.29, 1.82) is 0 Å². The van der Waals surface area contributed by atoms with Crippen LogP contribution in [0.25, 0.3) is 0 Å². The van der Waals surface area contributed by atoms with Crippen molar-refractivity contribution in [2.75, 3.05) is 11.6 Å². The summed E-state index contributed by atoms with van der Waals surface area (Å²) in [7, 11) is 0. The second kappa shape index (κ2) is 7.68. The molecule has 0 radical (unpaired) electrons. The highest BCUT2D eigenvalue weighted by Gasteiger charge is 2.14. The molecule has 21 heavy (non-hydrogen) atoms. The minimum absolute atomic E-state index is 0.0368. The molecular weight excluding hydrogens is 286 g/mol. The van der Waals surface area contributed by atoms with Crippen LogP contribution in [0.2, 0.25) is 0 Å². The third-order valence-electron chi connectivity index (χ3n) is 2.99. The lowest BCUT2D eigenvalue weighted by Gasteiger charge is -2.18. The summed E-state index contributed by atoms with van der Waals surface area (Å²) in [4.78, 5) is 12.1. The van der Waals surface area contributed by atoms with Crippen molar-refractivity contribution in [3.8, 4) is 0 Å². The lowest BCUT2D eigenvalue weighted by Crippen LogP contribution is -2.30. The molecule has 0 aliphatic heterocycles. The smallest absolute Gasteiger partial charge is 0.230 e. The Labute approximate surface area is 128 Å². The summed E-state index contributed by atoms with van der Waals surface area (Å²) >= 11 is 1.27. The molecule has 0 unspecified atom stereocenters. The molecule has 0 aliphatic carbocycles. The highest BCUT2D eigenvalue weighted by molar-refractivity contribution is 7.99. The van der Waals surface area contributed by atoms with Crippen LogP contribution in [0.5, 0.6) is 0 Å². The van der Waals surface area contributed by atoms with Gasteiger partial charge in [0, 0.05) is 0 Å². The quantitative estimate of drug-likeness (QED) is 0.601. The zero-order valence-corrected chi connectivity index (χ0v) is 12.7. The molecule has 1 atom stereocenters. The number of nitrogens with two attached hydrogens (primary N) is 1. The minimum atomic E-state index is -0.0368. The van der Waals surface area contributed by atoms with Gasteiger partial charge in [-0.3, -0.25) is 4.79 Å². The first-order chi connectivity index (χ1) is 10.2. The number of thioether (sulfide) groups is 1. The van der Waals surface area contributed by atoms with Crippen LogP contribution in [0, 0.1) is 0 Å². The summed E-state index contributed by atoms with van der Waals surface area (Å²) in [6, 6.07) is 10.0. The highest BCUT2D eigenvalue weighted by atomic mass is 32.2. The van der Waals surface area contributed by atoms with Gasteiger partial charge in [-0.25, -0.2) is 4.68 Å². The fraction of sp³-hybridized carbons (Fsp3) is 0.357. The Morgan fingerprint density at radius 2 is 2.19 bits per heavy atom. The molecule has 1 heterocycles. The zero-order chi connectivity index (χ0) is 15.1. The third kappa shape index (κ3) is 4.49. The third-order valence-corrected chi connectivity index (χ3v) is 3.94. The molecule has 0 bridgehead atoms. The van der Waals surface area contributed by atoms with E-state index in [2.05, 4.69) is 22.4 Å². The lowest BCUT2D eigenvalue weighted by molar-refractivity contribution is -0.119. The Kier molecular flexibility index (Phi) is 5.62. The van der Waals surface area contributed by atoms with Gasteiger partial charge in [0.1, 0.15) is 6.33 Å². The molecule has 0 saturated heterocycles. The average Bonchev–Trinajstić information content (AvgIpc) is 2.91. The molecule has 2 rings (SSSR count). The van der Waals surface area contributed by atoms with E-state index in [0.717, 1.165) is 18.4 Å². The molecule has 1 aromatic carbocycles. The SMILES string of the molecule is CCC[C@@H](NC(=O)CSc1nncn1N)c1ccccc1. The number of nitrogen functional groups attached to an aromatic ring is 1. The summed E-state index contributed by atoms with van der Waals surface area (Å²) in [5, 5.41) is 11.1. The van der Waals surface area contributed by atoms with E-state index in [1.807, 2.05) is 30.3 Å². The number of benzene rings is 1. The molecule has 2 aromatic rings. The van der Waals surface area contributed by atoms with Gasteiger partial charge in [0.15, 0.2) is 0 Å². The normalized spacial score (nSPS) is 12.0. The maximum Gasteiger partial charge on any atom is 0.230 e. The molecule has 1 aromatic heterocycles. The number of hydrogen-bond acceptors (Lipinski definition) is 5. The monoisotopic (exact) mass is 305 g/mol. The molecule has 3 N–H and O–H groups in total. The van der Waals surface area contributed by atoms with Gasteiger partial charge in [-0.1, -0.05) is 55.4 Å². The Morgan fingerprint density at radius 1 is 1.43 bits per heavy atom. The van der Waals surface area contributed by atoms with Crippen LogP contribution in [0.4, 0.5) is 0 Å². The van der Waals surface area contributed by atoms with Crippen molar-refractivity contribution in [3.05, 3.63) is 42.2 Å². The largest absolute Gasteiger partial charge is 0.349 e. The van der Waals surface area contributed by atoms with Gasteiger partial charge < -0.3 is 11.2 Å². The van der Waals surface area contributed by atoms with Crippen LogP contribution in [0.1, 0.15) is 31.4 Å². The molecule has 0 saturated carbocycles. The maximum atomic E-state index is 12.1. The lowest BCUT2D eigenvalue weighted by atomic mass is 10.0. The van der Waals surface area contributed by atoms with E-state index in [1.165, 1.54) is 22.8 Å². The molecule has 7 heteroatoms. The molecule has 0 aliphatic rings. The molecule has 0 fully saturated rings. The first-order valence-electron chi connectivity index (χ1n) is 6.83. The zero-order valence-electron chi connectivity index (χ0n) is 11.9. The summed E-state index contributed by atoms with van der Waals surface area (Å²) < 4.78 is 1.30. The number of nitrogens with one attached hydrogen (secondary N) is 1. The number of rotatable bonds is 7. The van der Waals surface area contributed by atoms with Gasteiger partial charge in [-0.2, -0.15) is 0 Å². The van der Waals surface area contributed by atoms with Crippen molar-refractivity contribution >= 4 is 17.7 Å². The standard InChI is InChI=1S/C14H19N5OS/c1-2-6-12(11-7-4-3-5-8-11)17-13(20)9-21-14-18-16-10-19(14)15/h3-5,7-8,10,12H,2,6,9,15H2,1H3,(H,17,20)/t12-/m1/s1. The van der Waals surface area contributed by atoms with E-state index < -0.39 is 0 Å². The van der Waals surface area contributed by atoms with Crippen LogP contribution < -0.4 is 11.2 Å². The first-order valence-corrected chi connectivity index (χ1v) is 7.81. The first kappa shape index (κ1) is 15.4. The van der Waals surface area contributed by atoms with E-state index in [-0.39, 0.29) is 17.7 Å². The fourth-order valence-electron chi connectivity index (χ4n) is 2.00. The second-order valence-corrected chi connectivity index (χ2v) is 5.57. The predicted octanol–water partition coefficient (Wildman–Crippen LogP) is 1.74. The summed E-state index contributed by atoms with van der Waals surface area (Å²) in [5.41, 5.74) is 1.12. The Hall–Kier alpha value is -2.02. The van der Waals surface area contributed by atoms with Gasteiger partial charge in [-0.05, 0) is 12.0 Å². The van der Waals surface area contributed by atoms with E-state index in [0.29, 0.717) is 5.16 Å². The van der Waals surface area contributed by atoms with E-state index in [1.54, 1.807) is 0 Å². The van der Waals surface area contributed by atoms with E-state index in [9.17, 15) is 4.79 Å². The van der Waals surface area contributed by atoms with Crippen LogP contribution in [0.3, 0.4) is 0 Å². The summed E-state index contributed by atoms with van der Waals surface area (Å²) in [6.45, 7) is 2.10. The summed E-state index contributed by atoms with van der Waals surface area (Å²) in [5.74, 6) is 5.84. The van der Waals surface area contributed by atoms with Gasteiger partial charge in [-0.15, -0.1) is 10.2 Å². The molecule has 0 spiro atoms. The van der Waals surface area contributed by atoms with Gasteiger partial charge in [0.25, 0.3) is 0 Å². The van der Waals surface area contributed by atoms with Crippen molar-refractivity contribution in [2.45, 2.75) is 31.0 Å². The molecule has 112 valence electrons. The van der Waals surface area contributed by atoms with Crippen molar-refractivity contribution in [1.82, 2.24) is 20.2 Å². The number of carbonyl (C=O) groups excluding carboxylic acids is 1.